The van der Waals surface area contributed by atoms with Gasteiger partial charge in [-0.2, -0.15) is 0 Å². The van der Waals surface area contributed by atoms with Crippen molar-refractivity contribution in [1.29, 1.82) is 0 Å². The van der Waals surface area contributed by atoms with Gasteiger partial charge in [-0.3, -0.25) is 4.79 Å². The molecule has 1 aromatic heterocycles. The first-order valence-corrected chi connectivity index (χ1v) is 8.83. The van der Waals surface area contributed by atoms with Crippen LogP contribution in [-0.4, -0.2) is 55.7 Å². The molecule has 0 saturated carbocycles. The zero-order chi connectivity index (χ0) is 18.4. The molecule has 7 heteroatoms. The van der Waals surface area contributed by atoms with Crippen LogP contribution < -0.4 is 19.9 Å². The molecule has 2 aromatic rings. The highest BCUT2D eigenvalue weighted by Gasteiger charge is 2.23. The van der Waals surface area contributed by atoms with Crippen molar-refractivity contribution in [2.45, 2.75) is 18.9 Å². The Kier molecular flexibility index (Phi) is 5.88. The van der Waals surface area contributed by atoms with Crippen molar-refractivity contribution >= 4 is 17.5 Å². The first-order chi connectivity index (χ1) is 12.6. The molecule has 0 bridgehead atoms. The largest absolute Gasteiger partial charge is 0.484 e. The summed E-state index contributed by atoms with van der Waals surface area (Å²) in [5.41, 5.74) is 0. The summed E-state index contributed by atoms with van der Waals surface area (Å²) in [5.74, 6) is 2.36. The number of ether oxygens (including phenoxy) is 1. The van der Waals surface area contributed by atoms with Crippen LogP contribution in [0.4, 0.5) is 11.6 Å². The Morgan fingerprint density at radius 1 is 1.31 bits per heavy atom. The van der Waals surface area contributed by atoms with E-state index in [4.69, 9.17) is 4.74 Å². The molecule has 2 heterocycles. The Hall–Kier alpha value is -2.83. The molecule has 1 atom stereocenters. The number of rotatable bonds is 6. The number of anilines is 2. The number of para-hydroxylation sites is 1. The second kappa shape index (κ2) is 8.51. The van der Waals surface area contributed by atoms with Crippen LogP contribution in [0.15, 0.2) is 42.7 Å². The minimum Gasteiger partial charge on any atom is -0.484 e. The average molecular weight is 355 g/mol. The Morgan fingerprint density at radius 2 is 2.12 bits per heavy atom. The van der Waals surface area contributed by atoms with Crippen LogP contribution in [-0.2, 0) is 4.79 Å². The van der Waals surface area contributed by atoms with E-state index in [0.717, 1.165) is 37.6 Å². The van der Waals surface area contributed by atoms with Gasteiger partial charge in [-0.25, -0.2) is 9.97 Å². The summed E-state index contributed by atoms with van der Waals surface area (Å²) in [6, 6.07) is 11.4. The lowest BCUT2D eigenvalue weighted by atomic mass is 10.1. The maximum Gasteiger partial charge on any atom is 0.258 e. The van der Waals surface area contributed by atoms with E-state index in [1.54, 1.807) is 6.33 Å². The minimum atomic E-state index is -0.0997. The van der Waals surface area contributed by atoms with E-state index in [1.807, 2.05) is 55.4 Å². The van der Waals surface area contributed by atoms with Crippen LogP contribution in [0, 0.1) is 0 Å². The maximum absolute atomic E-state index is 12.2. The number of carbonyl (C=O) groups excluding carboxylic acids is 1. The zero-order valence-electron chi connectivity index (χ0n) is 15.3. The summed E-state index contributed by atoms with van der Waals surface area (Å²) < 4.78 is 5.51. The van der Waals surface area contributed by atoms with Crippen molar-refractivity contribution in [2.24, 2.45) is 0 Å². The number of nitrogens with zero attached hydrogens (tertiary/aromatic N) is 4. The molecular formula is C19H25N5O2. The van der Waals surface area contributed by atoms with E-state index in [9.17, 15) is 4.79 Å². The number of benzene rings is 1. The van der Waals surface area contributed by atoms with Crippen LogP contribution in [0.1, 0.15) is 12.8 Å². The molecule has 1 fully saturated rings. The number of aromatic nitrogens is 2. The summed E-state index contributed by atoms with van der Waals surface area (Å²) in [7, 11) is 3.91. The molecule has 0 radical (unpaired) electrons. The highest BCUT2D eigenvalue weighted by Crippen LogP contribution is 2.20. The molecule has 1 aromatic carbocycles. The SMILES string of the molecule is CN(C)c1cc(N2CCCC(NC(=O)COc3ccccc3)C2)ncn1. The van der Waals surface area contributed by atoms with Gasteiger partial charge >= 0.3 is 0 Å². The number of nitrogens with one attached hydrogen (secondary N) is 1. The van der Waals surface area contributed by atoms with E-state index < -0.39 is 0 Å². The van der Waals surface area contributed by atoms with Crippen LogP contribution in [0.3, 0.4) is 0 Å². The van der Waals surface area contributed by atoms with Crippen molar-refractivity contribution < 1.29 is 9.53 Å². The molecule has 138 valence electrons. The quantitative estimate of drug-likeness (QED) is 0.851. The molecule has 26 heavy (non-hydrogen) atoms. The standard InChI is InChI=1S/C19H25N5O2/c1-23(2)17-11-18(21-14-20-17)24-10-6-7-15(12-24)22-19(25)13-26-16-8-4-3-5-9-16/h3-5,8-9,11,14-15H,6-7,10,12-13H2,1-2H3,(H,22,25). The molecule has 7 nitrogen and oxygen atoms in total. The van der Waals surface area contributed by atoms with Gasteiger partial charge in [0.15, 0.2) is 6.61 Å². The van der Waals surface area contributed by atoms with Crippen molar-refractivity contribution in [3.63, 3.8) is 0 Å². The highest BCUT2D eigenvalue weighted by atomic mass is 16.5. The summed E-state index contributed by atoms with van der Waals surface area (Å²) in [4.78, 5) is 25.0. The van der Waals surface area contributed by atoms with Crippen LogP contribution >= 0.6 is 0 Å². The first kappa shape index (κ1) is 18.0. The molecule has 1 unspecified atom stereocenters. The van der Waals surface area contributed by atoms with Gasteiger partial charge in [0.25, 0.3) is 5.91 Å². The lowest BCUT2D eigenvalue weighted by Crippen LogP contribution is -2.49. The Balaban J connectivity index is 1.53. The van der Waals surface area contributed by atoms with E-state index in [2.05, 4.69) is 20.2 Å². The van der Waals surface area contributed by atoms with Gasteiger partial charge in [0, 0.05) is 39.3 Å². The average Bonchev–Trinajstić information content (AvgIpc) is 2.67. The van der Waals surface area contributed by atoms with Gasteiger partial charge in [0.2, 0.25) is 0 Å². The Morgan fingerprint density at radius 3 is 2.88 bits per heavy atom. The van der Waals surface area contributed by atoms with Crippen molar-refractivity contribution in [2.75, 3.05) is 43.6 Å². The van der Waals surface area contributed by atoms with Crippen LogP contribution in [0.25, 0.3) is 0 Å². The monoisotopic (exact) mass is 355 g/mol. The zero-order valence-corrected chi connectivity index (χ0v) is 15.3. The van der Waals surface area contributed by atoms with Gasteiger partial charge in [-0.05, 0) is 25.0 Å². The maximum atomic E-state index is 12.2. The summed E-state index contributed by atoms with van der Waals surface area (Å²) in [6.07, 6.45) is 3.55. The van der Waals surface area contributed by atoms with Crippen LogP contribution in [0.5, 0.6) is 5.75 Å². The molecule has 1 amide bonds. The van der Waals surface area contributed by atoms with E-state index >= 15 is 0 Å². The second-order valence-corrected chi connectivity index (χ2v) is 6.58. The lowest BCUT2D eigenvalue weighted by Gasteiger charge is -2.34. The van der Waals surface area contributed by atoms with E-state index in [0.29, 0.717) is 5.75 Å². The fraction of sp³-hybridized carbons (Fsp3) is 0.421. The minimum absolute atomic E-state index is 0.0266. The number of amides is 1. The van der Waals surface area contributed by atoms with E-state index in [-0.39, 0.29) is 18.6 Å². The molecule has 0 spiro atoms. The molecule has 1 saturated heterocycles. The van der Waals surface area contributed by atoms with Gasteiger partial charge in [0.1, 0.15) is 23.7 Å². The number of piperidine rings is 1. The predicted octanol–water partition coefficient (Wildman–Crippen LogP) is 1.71. The number of carbonyl (C=O) groups is 1. The number of hydrogen-bond donors (Lipinski definition) is 1. The third kappa shape index (κ3) is 4.84. The fourth-order valence-corrected chi connectivity index (χ4v) is 2.99. The smallest absolute Gasteiger partial charge is 0.258 e. The summed E-state index contributed by atoms with van der Waals surface area (Å²) >= 11 is 0. The van der Waals surface area contributed by atoms with Crippen molar-refractivity contribution in [3.8, 4) is 5.75 Å². The highest BCUT2D eigenvalue weighted by molar-refractivity contribution is 5.78. The molecule has 1 N–H and O–H groups in total. The lowest BCUT2D eigenvalue weighted by molar-refractivity contribution is -0.123. The van der Waals surface area contributed by atoms with Gasteiger partial charge < -0.3 is 19.9 Å². The van der Waals surface area contributed by atoms with Gasteiger partial charge in [0.05, 0.1) is 0 Å². The third-order valence-corrected chi connectivity index (χ3v) is 4.32. The molecule has 0 aliphatic carbocycles. The van der Waals surface area contributed by atoms with Crippen LogP contribution in [0.2, 0.25) is 0 Å². The topological polar surface area (TPSA) is 70.6 Å². The summed E-state index contributed by atoms with van der Waals surface area (Å²) in [6.45, 7) is 1.69. The first-order valence-electron chi connectivity index (χ1n) is 8.83. The van der Waals surface area contributed by atoms with Crippen molar-refractivity contribution in [3.05, 3.63) is 42.7 Å². The second-order valence-electron chi connectivity index (χ2n) is 6.58. The Labute approximate surface area is 154 Å². The van der Waals surface area contributed by atoms with Gasteiger partial charge in [-0.15, -0.1) is 0 Å². The van der Waals surface area contributed by atoms with E-state index in [1.165, 1.54) is 0 Å². The molecule has 3 rings (SSSR count). The number of hydrogen-bond acceptors (Lipinski definition) is 6. The fourth-order valence-electron chi connectivity index (χ4n) is 2.99. The third-order valence-electron chi connectivity index (χ3n) is 4.32. The molecule has 1 aliphatic rings. The normalized spacial score (nSPS) is 16.8. The molecule has 1 aliphatic heterocycles. The molecular weight excluding hydrogens is 330 g/mol. The van der Waals surface area contributed by atoms with Gasteiger partial charge in [-0.1, -0.05) is 18.2 Å². The Bertz CT molecular complexity index is 723. The predicted molar refractivity (Wildman–Crippen MR) is 102 cm³/mol. The summed E-state index contributed by atoms with van der Waals surface area (Å²) in [5, 5.41) is 3.07. The van der Waals surface area contributed by atoms with Crippen molar-refractivity contribution in [1.82, 2.24) is 15.3 Å².